The van der Waals surface area contributed by atoms with E-state index in [0.717, 1.165) is 23.0 Å². The van der Waals surface area contributed by atoms with Crippen LogP contribution in [0.4, 0.5) is 0 Å². The van der Waals surface area contributed by atoms with Crippen molar-refractivity contribution < 1.29 is 4.79 Å². The molecule has 1 nitrogen and oxygen atoms in total. The first-order valence-electron chi connectivity index (χ1n) is 5.19. The third-order valence-electron chi connectivity index (χ3n) is 2.69. The van der Waals surface area contributed by atoms with Crippen LogP contribution >= 0.6 is 0 Å². The van der Waals surface area contributed by atoms with Crippen LogP contribution in [0.5, 0.6) is 0 Å². The monoisotopic (exact) mass is 198 g/mol. The van der Waals surface area contributed by atoms with Gasteiger partial charge in [0.15, 0.2) is 0 Å². The van der Waals surface area contributed by atoms with Crippen molar-refractivity contribution in [1.82, 2.24) is 0 Å². The fourth-order valence-electron chi connectivity index (χ4n) is 1.74. The van der Waals surface area contributed by atoms with E-state index in [4.69, 9.17) is 0 Å². The van der Waals surface area contributed by atoms with Gasteiger partial charge < -0.3 is 0 Å². The standard InChI is InChI=1S/C14H14O/c1-10(2)12-3-5-13-7-11(9-15)8-14(13)6-4-12/h3-10H,1-2H3. The lowest BCUT2D eigenvalue weighted by atomic mass is 10.1. The topological polar surface area (TPSA) is 17.1 Å². The summed E-state index contributed by atoms with van der Waals surface area (Å²) in [5, 5.41) is 0. The highest BCUT2D eigenvalue weighted by Gasteiger charge is 2.05. The number of carbonyl (C=O) groups excluding carboxylic acids is 1. The fraction of sp³-hybridized carbons (Fsp3) is 0.214. The molecular weight excluding hydrogens is 184 g/mol. The van der Waals surface area contributed by atoms with Crippen LogP contribution in [-0.2, 0) is 0 Å². The van der Waals surface area contributed by atoms with Crippen molar-refractivity contribution in [3.8, 4) is 11.1 Å². The Morgan fingerprint density at radius 2 is 1.53 bits per heavy atom. The molecule has 0 aliphatic heterocycles. The molecule has 0 saturated carbocycles. The summed E-state index contributed by atoms with van der Waals surface area (Å²) in [6.07, 6.45) is 0.892. The molecule has 76 valence electrons. The maximum atomic E-state index is 10.6. The summed E-state index contributed by atoms with van der Waals surface area (Å²) in [6.45, 7) is 4.35. The van der Waals surface area contributed by atoms with Crippen molar-refractivity contribution in [2.45, 2.75) is 19.8 Å². The molecule has 2 rings (SSSR count). The van der Waals surface area contributed by atoms with Gasteiger partial charge in [-0.15, -0.1) is 0 Å². The van der Waals surface area contributed by atoms with E-state index in [2.05, 4.69) is 38.1 Å². The van der Waals surface area contributed by atoms with Gasteiger partial charge in [0.25, 0.3) is 0 Å². The summed E-state index contributed by atoms with van der Waals surface area (Å²) >= 11 is 0. The van der Waals surface area contributed by atoms with Gasteiger partial charge >= 0.3 is 0 Å². The zero-order valence-corrected chi connectivity index (χ0v) is 9.03. The molecule has 0 radical (unpaired) electrons. The van der Waals surface area contributed by atoms with Gasteiger partial charge in [-0.05, 0) is 34.7 Å². The normalized spacial score (nSPS) is 10.9. The van der Waals surface area contributed by atoms with Crippen LogP contribution in [0, 0.1) is 0 Å². The lowest BCUT2D eigenvalue weighted by molar-refractivity contribution is 0.112. The van der Waals surface area contributed by atoms with Crippen LogP contribution in [0.1, 0.15) is 35.7 Å². The highest BCUT2D eigenvalue weighted by atomic mass is 16.1. The summed E-state index contributed by atoms with van der Waals surface area (Å²) in [6, 6.07) is 12.3. The SMILES string of the molecule is CC(C)c1ccc2cc(C=O)cc-2cc1. The molecule has 0 aromatic rings. The molecule has 0 spiro atoms. The van der Waals surface area contributed by atoms with Crippen molar-refractivity contribution in [3.63, 3.8) is 0 Å². The number of fused-ring (bicyclic) bond motifs is 1. The largest absolute Gasteiger partial charge is 0.298 e. The molecule has 0 saturated heterocycles. The van der Waals surface area contributed by atoms with Gasteiger partial charge in [0.2, 0.25) is 0 Å². The van der Waals surface area contributed by atoms with Crippen LogP contribution in [0.2, 0.25) is 0 Å². The minimum Gasteiger partial charge on any atom is -0.298 e. The minimum atomic E-state index is 0.534. The van der Waals surface area contributed by atoms with Crippen molar-refractivity contribution >= 4 is 6.29 Å². The summed E-state index contributed by atoms with van der Waals surface area (Å²) < 4.78 is 0. The smallest absolute Gasteiger partial charge is 0.150 e. The molecule has 0 N–H and O–H groups in total. The zero-order chi connectivity index (χ0) is 10.8. The maximum Gasteiger partial charge on any atom is 0.150 e. The predicted molar refractivity (Wildman–Crippen MR) is 62.5 cm³/mol. The first kappa shape index (κ1) is 9.91. The highest BCUT2D eigenvalue weighted by molar-refractivity contribution is 5.84. The average Bonchev–Trinajstić information content (AvgIpc) is 2.51. The molecule has 2 aliphatic carbocycles. The van der Waals surface area contributed by atoms with E-state index >= 15 is 0 Å². The molecule has 2 aliphatic rings. The van der Waals surface area contributed by atoms with Crippen LogP contribution < -0.4 is 0 Å². The third kappa shape index (κ3) is 1.91. The summed E-state index contributed by atoms with van der Waals surface area (Å²) in [4.78, 5) is 10.6. The highest BCUT2D eigenvalue weighted by Crippen LogP contribution is 2.26. The average molecular weight is 198 g/mol. The van der Waals surface area contributed by atoms with Crippen LogP contribution in [0.3, 0.4) is 0 Å². The second-order valence-corrected chi connectivity index (χ2v) is 4.14. The summed E-state index contributed by atoms with van der Waals surface area (Å²) in [5.74, 6) is 0.534. The molecule has 0 aromatic carbocycles. The van der Waals surface area contributed by atoms with Gasteiger partial charge in [-0.25, -0.2) is 0 Å². The first-order chi connectivity index (χ1) is 7.20. The Balaban J connectivity index is 2.55. The van der Waals surface area contributed by atoms with Gasteiger partial charge in [0.05, 0.1) is 0 Å². The molecule has 15 heavy (non-hydrogen) atoms. The van der Waals surface area contributed by atoms with Gasteiger partial charge in [0.1, 0.15) is 6.29 Å². The van der Waals surface area contributed by atoms with Crippen molar-refractivity contribution in [2.24, 2.45) is 0 Å². The van der Waals surface area contributed by atoms with E-state index in [1.165, 1.54) is 5.56 Å². The molecule has 0 heterocycles. The minimum absolute atomic E-state index is 0.534. The first-order valence-corrected chi connectivity index (χ1v) is 5.19. The number of rotatable bonds is 2. The Kier molecular flexibility index (Phi) is 2.55. The van der Waals surface area contributed by atoms with Crippen molar-refractivity contribution in [1.29, 1.82) is 0 Å². The number of hydrogen-bond donors (Lipinski definition) is 0. The second-order valence-electron chi connectivity index (χ2n) is 4.14. The quantitative estimate of drug-likeness (QED) is 0.672. The van der Waals surface area contributed by atoms with E-state index in [-0.39, 0.29) is 0 Å². The van der Waals surface area contributed by atoms with Gasteiger partial charge in [0, 0.05) is 5.56 Å². The van der Waals surface area contributed by atoms with Gasteiger partial charge in [-0.1, -0.05) is 38.1 Å². The Morgan fingerprint density at radius 1 is 1.00 bits per heavy atom. The van der Waals surface area contributed by atoms with Crippen LogP contribution in [0.25, 0.3) is 11.1 Å². The lowest BCUT2D eigenvalue weighted by Crippen LogP contribution is -1.81. The van der Waals surface area contributed by atoms with Gasteiger partial charge in [-0.3, -0.25) is 4.79 Å². The van der Waals surface area contributed by atoms with Crippen molar-refractivity contribution in [3.05, 3.63) is 47.5 Å². The summed E-state index contributed by atoms with van der Waals surface area (Å²) in [5.41, 5.74) is 4.33. The number of carbonyl (C=O) groups is 1. The van der Waals surface area contributed by atoms with E-state index < -0.39 is 0 Å². The molecule has 1 heteroatoms. The van der Waals surface area contributed by atoms with E-state index in [0.29, 0.717) is 5.92 Å². The molecular formula is C14H14O. The van der Waals surface area contributed by atoms with E-state index in [1.54, 1.807) is 0 Å². The van der Waals surface area contributed by atoms with Crippen molar-refractivity contribution in [2.75, 3.05) is 0 Å². The Bertz CT molecular complexity index is 423. The Morgan fingerprint density at radius 3 is 1.93 bits per heavy atom. The van der Waals surface area contributed by atoms with E-state index in [1.807, 2.05) is 12.1 Å². The number of aldehydes is 1. The van der Waals surface area contributed by atoms with E-state index in [9.17, 15) is 4.79 Å². The van der Waals surface area contributed by atoms with Crippen LogP contribution in [-0.4, -0.2) is 6.29 Å². The molecule has 0 bridgehead atoms. The summed E-state index contributed by atoms with van der Waals surface area (Å²) in [7, 11) is 0. The molecule has 0 aromatic heterocycles. The van der Waals surface area contributed by atoms with Gasteiger partial charge in [-0.2, -0.15) is 0 Å². The third-order valence-corrected chi connectivity index (χ3v) is 2.69. The molecule has 0 fully saturated rings. The molecule has 0 amide bonds. The number of hydrogen-bond acceptors (Lipinski definition) is 1. The zero-order valence-electron chi connectivity index (χ0n) is 9.03. The maximum absolute atomic E-state index is 10.6. The van der Waals surface area contributed by atoms with Crippen LogP contribution in [0.15, 0.2) is 36.4 Å². The predicted octanol–water partition coefficient (Wildman–Crippen LogP) is 3.73. The second kappa shape index (κ2) is 3.85. The lowest BCUT2D eigenvalue weighted by Gasteiger charge is -1.99. The Labute approximate surface area is 90.1 Å². The molecule has 0 unspecified atom stereocenters. The molecule has 0 atom stereocenters. The fourth-order valence-corrected chi connectivity index (χ4v) is 1.74. The Hall–Kier alpha value is -1.63.